The number of carbonyl (C=O) groups is 2. The third-order valence-corrected chi connectivity index (χ3v) is 4.62. The molecule has 0 saturated heterocycles. The van der Waals surface area contributed by atoms with Gasteiger partial charge in [-0.2, -0.15) is 0 Å². The van der Waals surface area contributed by atoms with Crippen molar-refractivity contribution in [2.24, 2.45) is 0 Å². The van der Waals surface area contributed by atoms with Crippen LogP contribution in [-0.2, 0) is 14.3 Å². The topological polar surface area (TPSA) is 64.6 Å². The van der Waals surface area contributed by atoms with E-state index < -0.39 is 18.0 Å². The van der Waals surface area contributed by atoms with Gasteiger partial charge in [-0.25, -0.2) is 0 Å². The molecule has 2 aromatic rings. The number of hydrogen-bond donors (Lipinski definition) is 1. The van der Waals surface area contributed by atoms with Crippen LogP contribution in [0.25, 0.3) is 0 Å². The van der Waals surface area contributed by atoms with Crippen molar-refractivity contribution in [3.05, 3.63) is 53.6 Å². The monoisotopic (exact) mass is 393 g/mol. The first-order chi connectivity index (χ1) is 12.5. The third-order valence-electron chi connectivity index (χ3n) is 3.30. The molecule has 0 saturated carbocycles. The lowest BCUT2D eigenvalue weighted by Gasteiger charge is -2.14. The Morgan fingerprint density at radius 1 is 1.15 bits per heavy atom. The number of carbonyl (C=O) groups excluding carboxylic acids is 2. The zero-order chi connectivity index (χ0) is 18.9. The molecule has 26 heavy (non-hydrogen) atoms. The second-order valence-corrected chi connectivity index (χ2v) is 6.75. The maximum atomic E-state index is 12.1. The summed E-state index contributed by atoms with van der Waals surface area (Å²) in [7, 11) is 0. The number of anilines is 1. The smallest absolute Gasteiger partial charge is 0.317 e. The summed E-state index contributed by atoms with van der Waals surface area (Å²) in [6, 6.07) is 14.3. The van der Waals surface area contributed by atoms with Crippen LogP contribution in [0.5, 0.6) is 5.75 Å². The number of hydrogen-bond acceptors (Lipinski definition) is 5. The van der Waals surface area contributed by atoms with Gasteiger partial charge in [0.15, 0.2) is 6.10 Å². The second-order valence-electron chi connectivity index (χ2n) is 5.29. The first kappa shape index (κ1) is 20.1. The highest BCUT2D eigenvalue weighted by Crippen LogP contribution is 2.22. The van der Waals surface area contributed by atoms with Gasteiger partial charge in [0.2, 0.25) is 0 Å². The number of para-hydroxylation sites is 1. The highest BCUT2D eigenvalue weighted by atomic mass is 35.5. The molecule has 1 atom stereocenters. The Bertz CT molecular complexity index is 751. The van der Waals surface area contributed by atoms with Crippen molar-refractivity contribution in [3.63, 3.8) is 0 Å². The maximum Gasteiger partial charge on any atom is 0.317 e. The van der Waals surface area contributed by atoms with Gasteiger partial charge in [-0.05, 0) is 50.2 Å². The van der Waals surface area contributed by atoms with Gasteiger partial charge in [0.1, 0.15) is 5.75 Å². The van der Waals surface area contributed by atoms with Crippen LogP contribution in [0.1, 0.15) is 13.8 Å². The molecule has 5 nitrogen and oxygen atoms in total. The first-order valence-corrected chi connectivity index (χ1v) is 9.46. The number of amides is 1. The molecule has 138 valence electrons. The van der Waals surface area contributed by atoms with Crippen LogP contribution in [0, 0.1) is 0 Å². The van der Waals surface area contributed by atoms with Crippen molar-refractivity contribution in [2.75, 3.05) is 17.7 Å². The van der Waals surface area contributed by atoms with Crippen molar-refractivity contribution in [3.8, 4) is 5.75 Å². The number of benzene rings is 2. The van der Waals surface area contributed by atoms with E-state index in [9.17, 15) is 9.59 Å². The van der Waals surface area contributed by atoms with Crippen LogP contribution >= 0.6 is 23.4 Å². The van der Waals surface area contributed by atoms with E-state index >= 15 is 0 Å². The van der Waals surface area contributed by atoms with Gasteiger partial charge in [-0.3, -0.25) is 9.59 Å². The minimum Gasteiger partial charge on any atom is -0.494 e. The van der Waals surface area contributed by atoms with Crippen molar-refractivity contribution >= 4 is 40.9 Å². The highest BCUT2D eigenvalue weighted by Gasteiger charge is 2.18. The predicted octanol–water partition coefficient (Wildman–Crippen LogP) is 4.40. The van der Waals surface area contributed by atoms with Gasteiger partial charge in [0.05, 0.1) is 23.1 Å². The average molecular weight is 394 g/mol. The Hall–Kier alpha value is -2.18. The summed E-state index contributed by atoms with van der Waals surface area (Å²) in [5.41, 5.74) is 0.478. The lowest BCUT2D eigenvalue weighted by atomic mass is 10.3. The number of thioether (sulfide) groups is 1. The summed E-state index contributed by atoms with van der Waals surface area (Å²) in [6.45, 7) is 4.04. The largest absolute Gasteiger partial charge is 0.494 e. The maximum absolute atomic E-state index is 12.1. The van der Waals surface area contributed by atoms with Gasteiger partial charge >= 0.3 is 5.97 Å². The number of ether oxygens (including phenoxy) is 2. The molecule has 0 spiro atoms. The Morgan fingerprint density at radius 3 is 2.50 bits per heavy atom. The lowest BCUT2D eigenvalue weighted by Crippen LogP contribution is -2.30. The Balaban J connectivity index is 1.79. The van der Waals surface area contributed by atoms with Gasteiger partial charge < -0.3 is 14.8 Å². The number of rotatable bonds is 8. The van der Waals surface area contributed by atoms with Gasteiger partial charge in [0, 0.05) is 4.90 Å². The Kier molecular flexibility index (Phi) is 7.81. The standard InChI is InChI=1S/C19H20ClNO4S/c1-3-24-14-8-10-15(11-9-14)26-12-18(22)25-13(2)19(23)21-17-7-5-4-6-16(17)20/h4-11,13H,3,12H2,1-2H3,(H,21,23)/t13-/m1/s1. The van der Waals surface area contributed by atoms with E-state index in [0.717, 1.165) is 10.6 Å². The summed E-state index contributed by atoms with van der Waals surface area (Å²) >= 11 is 7.32. The fraction of sp³-hybridized carbons (Fsp3) is 0.263. The fourth-order valence-electron chi connectivity index (χ4n) is 2.02. The van der Waals surface area contributed by atoms with E-state index in [0.29, 0.717) is 17.3 Å². The van der Waals surface area contributed by atoms with Crippen LogP contribution in [-0.4, -0.2) is 30.3 Å². The molecule has 1 N–H and O–H groups in total. The first-order valence-electron chi connectivity index (χ1n) is 8.10. The van der Waals surface area contributed by atoms with Crippen molar-refractivity contribution in [1.29, 1.82) is 0 Å². The van der Waals surface area contributed by atoms with Crippen molar-refractivity contribution < 1.29 is 19.1 Å². The van der Waals surface area contributed by atoms with E-state index in [2.05, 4.69) is 5.32 Å². The molecule has 2 aromatic carbocycles. The number of nitrogens with one attached hydrogen (secondary N) is 1. The predicted molar refractivity (Wildman–Crippen MR) is 104 cm³/mol. The van der Waals surface area contributed by atoms with E-state index in [1.54, 1.807) is 24.3 Å². The molecule has 0 heterocycles. The quantitative estimate of drug-likeness (QED) is 0.532. The average Bonchev–Trinajstić information content (AvgIpc) is 2.63. The molecule has 0 aliphatic carbocycles. The molecular weight excluding hydrogens is 374 g/mol. The summed E-state index contributed by atoms with van der Waals surface area (Å²) in [6.07, 6.45) is -0.917. The summed E-state index contributed by atoms with van der Waals surface area (Å²) < 4.78 is 10.5. The second kappa shape index (κ2) is 10.1. The Morgan fingerprint density at radius 2 is 1.85 bits per heavy atom. The minimum atomic E-state index is -0.917. The molecule has 0 unspecified atom stereocenters. The molecule has 0 fully saturated rings. The minimum absolute atomic E-state index is 0.109. The van der Waals surface area contributed by atoms with Crippen molar-refractivity contribution in [1.82, 2.24) is 0 Å². The zero-order valence-electron chi connectivity index (χ0n) is 14.5. The van der Waals surface area contributed by atoms with Crippen LogP contribution in [0.2, 0.25) is 5.02 Å². The molecule has 0 aromatic heterocycles. The van der Waals surface area contributed by atoms with E-state index in [1.165, 1.54) is 18.7 Å². The van der Waals surface area contributed by atoms with Gasteiger partial charge in [-0.15, -0.1) is 11.8 Å². The Labute approximate surface area is 162 Å². The van der Waals surface area contributed by atoms with E-state index in [-0.39, 0.29) is 5.75 Å². The molecule has 0 aliphatic rings. The molecule has 0 bridgehead atoms. The van der Waals surface area contributed by atoms with Gasteiger partial charge in [0.25, 0.3) is 5.91 Å². The number of halogens is 1. The fourth-order valence-corrected chi connectivity index (χ4v) is 2.89. The van der Waals surface area contributed by atoms with Crippen molar-refractivity contribution in [2.45, 2.75) is 24.8 Å². The highest BCUT2D eigenvalue weighted by molar-refractivity contribution is 8.00. The molecule has 0 radical (unpaired) electrons. The van der Waals surface area contributed by atoms with Crippen LogP contribution in [0.4, 0.5) is 5.69 Å². The molecule has 2 rings (SSSR count). The van der Waals surface area contributed by atoms with Crippen LogP contribution < -0.4 is 10.1 Å². The SMILES string of the molecule is CCOc1ccc(SCC(=O)O[C@H](C)C(=O)Nc2ccccc2Cl)cc1. The van der Waals surface area contributed by atoms with Crippen LogP contribution in [0.15, 0.2) is 53.4 Å². The zero-order valence-corrected chi connectivity index (χ0v) is 16.1. The number of esters is 1. The summed E-state index contributed by atoms with van der Waals surface area (Å²) in [4.78, 5) is 25.0. The third kappa shape index (κ3) is 6.28. The normalized spacial score (nSPS) is 11.5. The molecule has 0 aliphatic heterocycles. The summed E-state index contributed by atoms with van der Waals surface area (Å²) in [5.74, 6) is -0.00923. The van der Waals surface area contributed by atoms with Crippen LogP contribution in [0.3, 0.4) is 0 Å². The molecule has 7 heteroatoms. The molecular formula is C19H20ClNO4S. The van der Waals surface area contributed by atoms with E-state index in [1.807, 2.05) is 31.2 Å². The lowest BCUT2D eigenvalue weighted by molar-refractivity contribution is -0.150. The summed E-state index contributed by atoms with van der Waals surface area (Å²) in [5, 5.41) is 3.06. The van der Waals surface area contributed by atoms with Gasteiger partial charge in [-0.1, -0.05) is 23.7 Å². The van der Waals surface area contributed by atoms with E-state index in [4.69, 9.17) is 21.1 Å². The molecule has 1 amide bonds.